The van der Waals surface area contributed by atoms with Gasteiger partial charge in [0.1, 0.15) is 12.4 Å². The number of rotatable bonds is 8. The number of methoxy groups -OCH3 is 1. The van der Waals surface area contributed by atoms with E-state index in [-0.39, 0.29) is 17.3 Å². The summed E-state index contributed by atoms with van der Waals surface area (Å²) in [4.78, 5) is 16.9. The third kappa shape index (κ3) is 4.87. The van der Waals surface area contributed by atoms with Gasteiger partial charge >= 0.3 is 6.18 Å². The third-order valence-electron chi connectivity index (χ3n) is 5.20. The number of aromatic nitrogens is 5. The van der Waals surface area contributed by atoms with Gasteiger partial charge in [0, 0.05) is 24.2 Å². The summed E-state index contributed by atoms with van der Waals surface area (Å²) in [5, 5.41) is 18.8. The van der Waals surface area contributed by atoms with Crippen molar-refractivity contribution < 1.29 is 26.8 Å². The highest BCUT2D eigenvalue weighted by Gasteiger charge is 2.49. The first kappa shape index (κ1) is 19.6. The SMILES string of the molecule is [2H]C([2H])([2H])NC(=O)c1nnc(N[C@@H](C2CC2)C(F)(F)F)cc1Nc1cccc(-c2ncn(C)n2)c1OC. The number of alkyl halides is 3. The first-order valence-electron chi connectivity index (χ1n) is 11.7. The summed E-state index contributed by atoms with van der Waals surface area (Å²) in [6, 6.07) is 4.26. The molecule has 4 rings (SSSR count). The van der Waals surface area contributed by atoms with Crippen molar-refractivity contribution in [3.05, 3.63) is 36.3 Å². The van der Waals surface area contributed by atoms with Crippen LogP contribution >= 0.6 is 0 Å². The molecule has 1 amide bonds. The van der Waals surface area contributed by atoms with Crippen LogP contribution in [0.15, 0.2) is 30.6 Å². The second-order valence-electron chi connectivity index (χ2n) is 7.70. The maximum Gasteiger partial charge on any atom is 0.408 e. The molecule has 0 spiro atoms. The lowest BCUT2D eigenvalue weighted by Crippen LogP contribution is -2.38. The van der Waals surface area contributed by atoms with Crippen molar-refractivity contribution in [2.45, 2.75) is 25.1 Å². The molecule has 1 aromatic carbocycles. The van der Waals surface area contributed by atoms with E-state index in [2.05, 4.69) is 30.9 Å². The zero-order valence-electron chi connectivity index (χ0n) is 21.1. The topological polar surface area (TPSA) is 119 Å². The largest absolute Gasteiger partial charge is 0.494 e. The van der Waals surface area contributed by atoms with Crippen LogP contribution in [0.5, 0.6) is 5.75 Å². The first-order chi connectivity index (χ1) is 17.4. The Kier molecular flexibility index (Phi) is 5.27. The molecule has 1 aliphatic carbocycles. The number of benzene rings is 1. The third-order valence-corrected chi connectivity index (χ3v) is 5.20. The lowest BCUT2D eigenvalue weighted by atomic mass is 10.1. The molecule has 1 fully saturated rings. The number of carbonyl (C=O) groups excluding carboxylic acids is 1. The highest BCUT2D eigenvalue weighted by atomic mass is 19.4. The van der Waals surface area contributed by atoms with Crippen LogP contribution in [0.1, 0.15) is 27.4 Å². The summed E-state index contributed by atoms with van der Waals surface area (Å²) < 4.78 is 69.6. The number of halogens is 3. The van der Waals surface area contributed by atoms with E-state index in [1.807, 2.05) is 5.32 Å². The summed E-state index contributed by atoms with van der Waals surface area (Å²) in [7, 11) is 3.09. The van der Waals surface area contributed by atoms with E-state index in [0.29, 0.717) is 29.9 Å². The summed E-state index contributed by atoms with van der Waals surface area (Å²) in [5.74, 6) is -1.33. The van der Waals surface area contributed by atoms with Crippen LogP contribution in [-0.2, 0) is 7.05 Å². The van der Waals surface area contributed by atoms with Crippen LogP contribution in [0.4, 0.5) is 30.4 Å². The van der Waals surface area contributed by atoms with Crippen molar-refractivity contribution in [2.24, 2.45) is 13.0 Å². The van der Waals surface area contributed by atoms with Crippen molar-refractivity contribution in [1.29, 1.82) is 0 Å². The Labute approximate surface area is 197 Å². The Morgan fingerprint density at radius 3 is 2.71 bits per heavy atom. The molecule has 0 saturated heterocycles. The van der Waals surface area contributed by atoms with E-state index >= 15 is 0 Å². The van der Waals surface area contributed by atoms with E-state index in [0.717, 1.165) is 6.07 Å². The minimum Gasteiger partial charge on any atom is -0.494 e. The Morgan fingerprint density at radius 1 is 1.29 bits per heavy atom. The quantitative estimate of drug-likeness (QED) is 0.451. The summed E-state index contributed by atoms with van der Waals surface area (Å²) in [6.07, 6.45) is -2.20. The van der Waals surface area contributed by atoms with Crippen molar-refractivity contribution in [3.63, 3.8) is 0 Å². The molecule has 2 heterocycles. The van der Waals surface area contributed by atoms with Crippen molar-refractivity contribution in [2.75, 3.05) is 24.7 Å². The van der Waals surface area contributed by atoms with Crippen molar-refractivity contribution in [1.82, 2.24) is 30.3 Å². The molecule has 0 radical (unpaired) electrons. The number of amides is 1. The van der Waals surface area contributed by atoms with E-state index < -0.39 is 36.7 Å². The van der Waals surface area contributed by atoms with Crippen molar-refractivity contribution in [3.8, 4) is 17.1 Å². The molecule has 3 aromatic rings. The minimum atomic E-state index is -4.53. The smallest absolute Gasteiger partial charge is 0.408 e. The fourth-order valence-electron chi connectivity index (χ4n) is 3.48. The number of anilines is 3. The Morgan fingerprint density at radius 2 is 2.09 bits per heavy atom. The van der Waals surface area contributed by atoms with E-state index in [1.165, 1.54) is 18.1 Å². The van der Waals surface area contributed by atoms with Gasteiger partial charge in [0.05, 0.1) is 24.0 Å². The van der Waals surface area contributed by atoms with Crippen LogP contribution in [0.3, 0.4) is 0 Å². The molecule has 34 heavy (non-hydrogen) atoms. The van der Waals surface area contributed by atoms with Crippen molar-refractivity contribution >= 4 is 23.1 Å². The zero-order chi connectivity index (χ0) is 27.0. The molecule has 1 aliphatic rings. The van der Waals surface area contributed by atoms with Crippen LogP contribution in [0.2, 0.25) is 0 Å². The Hall–Kier alpha value is -3.90. The lowest BCUT2D eigenvalue weighted by molar-refractivity contribution is -0.146. The van der Waals surface area contributed by atoms with Crippen LogP contribution in [-0.4, -0.2) is 57.2 Å². The van der Waals surface area contributed by atoms with Crippen LogP contribution in [0.25, 0.3) is 11.4 Å². The van der Waals surface area contributed by atoms with Gasteiger partial charge in [0.15, 0.2) is 23.1 Å². The molecular weight excluding hydrogens is 453 g/mol. The molecule has 180 valence electrons. The number of hydrogen-bond donors (Lipinski definition) is 3. The summed E-state index contributed by atoms with van der Waals surface area (Å²) >= 11 is 0. The highest BCUT2D eigenvalue weighted by molar-refractivity contribution is 5.98. The van der Waals surface area contributed by atoms with E-state index in [4.69, 9.17) is 8.85 Å². The zero-order valence-corrected chi connectivity index (χ0v) is 18.1. The molecular formula is C21H23F3N8O2. The number of hydrogen-bond acceptors (Lipinski definition) is 8. The Balaban J connectivity index is 1.74. The van der Waals surface area contributed by atoms with Gasteiger partial charge in [-0.1, -0.05) is 6.07 Å². The number of ether oxygens (including phenoxy) is 1. The molecule has 1 saturated carbocycles. The van der Waals surface area contributed by atoms with Gasteiger partial charge in [0.2, 0.25) is 0 Å². The molecule has 3 N–H and O–H groups in total. The fraction of sp³-hybridized carbons (Fsp3) is 0.381. The van der Waals surface area contributed by atoms with Crippen LogP contribution < -0.4 is 20.7 Å². The van der Waals surface area contributed by atoms with Gasteiger partial charge < -0.3 is 20.7 Å². The molecule has 0 unspecified atom stereocenters. The first-order valence-corrected chi connectivity index (χ1v) is 10.2. The van der Waals surface area contributed by atoms with Gasteiger partial charge in [-0.15, -0.1) is 10.2 Å². The molecule has 2 aromatic heterocycles. The molecule has 13 heteroatoms. The average molecular weight is 479 g/mol. The van der Waals surface area contributed by atoms with Gasteiger partial charge in [-0.2, -0.15) is 18.3 Å². The molecule has 10 nitrogen and oxygen atoms in total. The fourth-order valence-corrected chi connectivity index (χ4v) is 3.48. The second-order valence-corrected chi connectivity index (χ2v) is 7.70. The van der Waals surface area contributed by atoms with Gasteiger partial charge in [-0.05, 0) is 30.9 Å². The minimum absolute atomic E-state index is 0.0969. The maximum absolute atomic E-state index is 13.6. The maximum atomic E-state index is 13.6. The summed E-state index contributed by atoms with van der Waals surface area (Å²) in [6.45, 7) is -2.83. The highest BCUT2D eigenvalue weighted by Crippen LogP contribution is 2.42. The second kappa shape index (κ2) is 9.15. The number of para-hydroxylation sites is 1. The predicted octanol–water partition coefficient (Wildman–Crippen LogP) is 3.14. The number of nitrogens with zero attached hydrogens (tertiary/aromatic N) is 5. The van der Waals surface area contributed by atoms with E-state index in [9.17, 15) is 18.0 Å². The predicted molar refractivity (Wildman–Crippen MR) is 118 cm³/mol. The number of aryl methyl sites for hydroxylation is 1. The number of nitrogens with one attached hydrogen (secondary N) is 3. The monoisotopic (exact) mass is 479 g/mol. The Bertz CT molecular complexity index is 1290. The van der Waals surface area contributed by atoms with Gasteiger partial charge in [0.25, 0.3) is 5.91 Å². The average Bonchev–Trinajstić information content (AvgIpc) is 3.54. The van der Waals surface area contributed by atoms with Gasteiger partial charge in [-0.3, -0.25) is 9.48 Å². The molecule has 0 bridgehead atoms. The standard InChI is InChI=1S/C21H23F3N8O2/c1-25-20(33)16-14(9-15(29-30-16)28-18(11-7-8-11)21(22,23)24)27-13-6-4-5-12(17(13)34-3)19-26-10-32(2)31-19/h4-6,9-11,18H,7-8H2,1-3H3,(H,25,33)(H2,27,28,29)/t18-/m0/s1/i1D3. The normalized spacial score (nSPS) is 16.1. The molecule has 0 aliphatic heterocycles. The number of carbonyl (C=O) groups is 1. The molecule has 1 atom stereocenters. The van der Waals surface area contributed by atoms with Crippen LogP contribution in [0, 0.1) is 5.92 Å². The van der Waals surface area contributed by atoms with Gasteiger partial charge in [-0.25, -0.2) is 4.98 Å². The van der Waals surface area contributed by atoms with E-state index in [1.54, 1.807) is 25.2 Å². The lowest BCUT2D eigenvalue weighted by Gasteiger charge is -2.22. The summed E-state index contributed by atoms with van der Waals surface area (Å²) in [5.41, 5.74) is 0.247.